The third kappa shape index (κ3) is 3.27. The Labute approximate surface area is 113 Å². The van der Waals surface area contributed by atoms with Gasteiger partial charge < -0.3 is 11.1 Å². The van der Waals surface area contributed by atoms with Crippen molar-refractivity contribution < 1.29 is 9.18 Å². The average Bonchev–Trinajstić information content (AvgIpc) is 2.82. The van der Waals surface area contributed by atoms with Crippen LogP contribution in [0.1, 0.15) is 10.5 Å². The first-order valence-corrected chi connectivity index (χ1v) is 5.84. The van der Waals surface area contributed by atoms with Crippen molar-refractivity contribution in [1.82, 2.24) is 15.0 Å². The van der Waals surface area contributed by atoms with Crippen LogP contribution in [-0.4, -0.2) is 27.4 Å². The van der Waals surface area contributed by atoms with Gasteiger partial charge in [0.1, 0.15) is 5.82 Å². The molecule has 2 rings (SSSR count). The van der Waals surface area contributed by atoms with Gasteiger partial charge in [0.25, 0.3) is 5.91 Å². The van der Waals surface area contributed by atoms with Crippen LogP contribution in [-0.2, 0) is 6.54 Å². The molecule has 0 aliphatic carbocycles. The second-order valence-electron chi connectivity index (χ2n) is 3.73. The summed E-state index contributed by atoms with van der Waals surface area (Å²) in [6.45, 7) is 0.839. The minimum atomic E-state index is -0.616. The summed E-state index contributed by atoms with van der Waals surface area (Å²) in [5, 5.41) is 10.0. The second-order valence-corrected chi connectivity index (χ2v) is 4.17. The molecule has 0 aliphatic rings. The van der Waals surface area contributed by atoms with Crippen molar-refractivity contribution in [3.8, 4) is 0 Å². The van der Waals surface area contributed by atoms with E-state index < -0.39 is 11.7 Å². The zero-order valence-corrected chi connectivity index (χ0v) is 10.6. The molecule has 0 aliphatic heterocycles. The van der Waals surface area contributed by atoms with E-state index in [1.165, 1.54) is 23.0 Å². The third-order valence-electron chi connectivity index (χ3n) is 2.31. The van der Waals surface area contributed by atoms with Crippen molar-refractivity contribution in [2.75, 3.05) is 11.9 Å². The number of rotatable bonds is 4. The minimum absolute atomic E-state index is 0.0303. The Balaban J connectivity index is 2.11. The lowest BCUT2D eigenvalue weighted by atomic mass is 10.3. The van der Waals surface area contributed by atoms with Gasteiger partial charge in [0.05, 0.1) is 18.4 Å². The highest BCUT2D eigenvalue weighted by atomic mass is 35.5. The molecule has 0 spiro atoms. The van der Waals surface area contributed by atoms with Crippen molar-refractivity contribution in [3.05, 3.63) is 40.9 Å². The molecule has 1 amide bonds. The van der Waals surface area contributed by atoms with E-state index in [0.717, 1.165) is 6.07 Å². The van der Waals surface area contributed by atoms with Gasteiger partial charge in [-0.2, -0.15) is 0 Å². The summed E-state index contributed by atoms with van der Waals surface area (Å²) in [4.78, 5) is 11.8. The predicted octanol–water partition coefficient (Wildman–Crippen LogP) is 1.28. The lowest BCUT2D eigenvalue weighted by Crippen LogP contribution is -2.13. The van der Waals surface area contributed by atoms with Crippen LogP contribution in [0.25, 0.3) is 0 Å². The molecule has 0 fully saturated rings. The van der Waals surface area contributed by atoms with Crippen LogP contribution in [0.15, 0.2) is 24.4 Å². The SMILES string of the molecule is NCCn1cc(C(=O)Nc2ccc(Cl)cc2F)nn1. The highest BCUT2D eigenvalue weighted by molar-refractivity contribution is 6.30. The topological polar surface area (TPSA) is 85.8 Å². The molecule has 0 radical (unpaired) electrons. The Morgan fingerprint density at radius 1 is 1.53 bits per heavy atom. The van der Waals surface area contributed by atoms with Crippen LogP contribution in [0.2, 0.25) is 5.02 Å². The molecule has 2 aromatic rings. The van der Waals surface area contributed by atoms with Crippen molar-refractivity contribution >= 4 is 23.2 Å². The van der Waals surface area contributed by atoms with Gasteiger partial charge in [-0.15, -0.1) is 5.10 Å². The Morgan fingerprint density at radius 3 is 3.00 bits per heavy atom. The fraction of sp³-hybridized carbons (Fsp3) is 0.182. The number of benzene rings is 1. The maximum atomic E-state index is 13.5. The van der Waals surface area contributed by atoms with Gasteiger partial charge in [-0.05, 0) is 18.2 Å². The van der Waals surface area contributed by atoms with Gasteiger partial charge >= 0.3 is 0 Å². The molecule has 100 valence electrons. The minimum Gasteiger partial charge on any atom is -0.329 e. The smallest absolute Gasteiger partial charge is 0.277 e. The molecular formula is C11H11ClFN5O. The van der Waals surface area contributed by atoms with E-state index in [-0.39, 0.29) is 16.4 Å². The first kappa shape index (κ1) is 13.4. The van der Waals surface area contributed by atoms with Gasteiger partial charge in [0.15, 0.2) is 5.69 Å². The Hall–Kier alpha value is -1.99. The summed E-state index contributed by atoms with van der Waals surface area (Å²) < 4.78 is 14.9. The number of carbonyl (C=O) groups excluding carboxylic acids is 1. The molecule has 0 unspecified atom stereocenters. The van der Waals surface area contributed by atoms with E-state index in [0.29, 0.717) is 13.1 Å². The third-order valence-corrected chi connectivity index (χ3v) is 2.54. The van der Waals surface area contributed by atoms with Crippen LogP contribution < -0.4 is 11.1 Å². The van der Waals surface area contributed by atoms with E-state index >= 15 is 0 Å². The molecule has 6 nitrogen and oxygen atoms in total. The summed E-state index contributed by atoms with van der Waals surface area (Å²) in [5.41, 5.74) is 5.47. The first-order valence-electron chi connectivity index (χ1n) is 5.47. The van der Waals surface area contributed by atoms with Gasteiger partial charge in [-0.3, -0.25) is 9.48 Å². The number of hydrogen-bond acceptors (Lipinski definition) is 4. The number of amides is 1. The van der Waals surface area contributed by atoms with E-state index in [2.05, 4.69) is 15.6 Å². The summed E-state index contributed by atoms with van der Waals surface area (Å²) >= 11 is 5.62. The lowest BCUT2D eigenvalue weighted by Gasteiger charge is -2.04. The van der Waals surface area contributed by atoms with E-state index in [9.17, 15) is 9.18 Å². The molecule has 0 saturated heterocycles. The molecular weight excluding hydrogens is 273 g/mol. The maximum Gasteiger partial charge on any atom is 0.277 e. The molecule has 19 heavy (non-hydrogen) atoms. The van der Waals surface area contributed by atoms with E-state index in [4.69, 9.17) is 17.3 Å². The summed E-state index contributed by atoms with van der Waals surface area (Å²) in [6, 6.07) is 3.97. The largest absolute Gasteiger partial charge is 0.329 e. The fourth-order valence-corrected chi connectivity index (χ4v) is 1.58. The van der Waals surface area contributed by atoms with Gasteiger partial charge in [0, 0.05) is 11.6 Å². The quantitative estimate of drug-likeness (QED) is 0.885. The van der Waals surface area contributed by atoms with Crippen LogP contribution >= 0.6 is 11.6 Å². The van der Waals surface area contributed by atoms with Crippen LogP contribution in [0.4, 0.5) is 10.1 Å². The molecule has 0 bridgehead atoms. The number of halogens is 2. The van der Waals surface area contributed by atoms with Crippen LogP contribution in [0.3, 0.4) is 0 Å². The predicted molar refractivity (Wildman–Crippen MR) is 68.4 cm³/mol. The number of nitrogens with one attached hydrogen (secondary N) is 1. The standard InChI is InChI=1S/C11H11ClFN5O/c12-7-1-2-9(8(13)5-7)15-11(19)10-6-18(4-3-14)17-16-10/h1-2,5-6H,3-4,14H2,(H,15,19). The zero-order chi connectivity index (χ0) is 13.8. The highest BCUT2D eigenvalue weighted by Gasteiger charge is 2.13. The van der Waals surface area contributed by atoms with Crippen molar-refractivity contribution in [1.29, 1.82) is 0 Å². The average molecular weight is 284 g/mol. The Kier molecular flexibility index (Phi) is 4.08. The van der Waals surface area contributed by atoms with Gasteiger partial charge in [-0.1, -0.05) is 16.8 Å². The van der Waals surface area contributed by atoms with Crippen LogP contribution in [0, 0.1) is 5.82 Å². The summed E-state index contributed by atoms with van der Waals surface area (Å²) in [7, 11) is 0. The Morgan fingerprint density at radius 2 is 2.32 bits per heavy atom. The number of carbonyl (C=O) groups is 1. The zero-order valence-electron chi connectivity index (χ0n) is 9.81. The number of nitrogens with zero attached hydrogens (tertiary/aromatic N) is 3. The summed E-state index contributed by atoms with van der Waals surface area (Å²) in [6.07, 6.45) is 1.44. The van der Waals surface area contributed by atoms with E-state index in [1.807, 2.05) is 0 Å². The summed E-state index contributed by atoms with van der Waals surface area (Å²) in [5.74, 6) is -1.17. The van der Waals surface area contributed by atoms with E-state index in [1.54, 1.807) is 0 Å². The molecule has 0 saturated carbocycles. The highest BCUT2D eigenvalue weighted by Crippen LogP contribution is 2.19. The Bertz CT molecular complexity index is 601. The first-order chi connectivity index (χ1) is 9.10. The maximum absolute atomic E-state index is 13.5. The number of hydrogen-bond donors (Lipinski definition) is 2. The molecule has 1 heterocycles. The molecule has 1 aromatic carbocycles. The second kappa shape index (κ2) is 5.77. The fourth-order valence-electron chi connectivity index (χ4n) is 1.42. The van der Waals surface area contributed by atoms with Gasteiger partial charge in [-0.25, -0.2) is 4.39 Å². The normalized spacial score (nSPS) is 10.5. The molecule has 8 heteroatoms. The number of aromatic nitrogens is 3. The number of anilines is 1. The lowest BCUT2D eigenvalue weighted by molar-refractivity contribution is 0.102. The van der Waals surface area contributed by atoms with Gasteiger partial charge in [0.2, 0.25) is 0 Å². The van der Waals surface area contributed by atoms with Crippen LogP contribution in [0.5, 0.6) is 0 Å². The molecule has 0 atom stereocenters. The molecule has 1 aromatic heterocycles. The van der Waals surface area contributed by atoms with Crippen molar-refractivity contribution in [2.45, 2.75) is 6.54 Å². The number of nitrogens with two attached hydrogens (primary N) is 1. The molecule has 3 N–H and O–H groups in total. The van der Waals surface area contributed by atoms with Crippen molar-refractivity contribution in [2.24, 2.45) is 5.73 Å². The monoisotopic (exact) mass is 283 g/mol. The van der Waals surface area contributed by atoms with Crippen molar-refractivity contribution in [3.63, 3.8) is 0 Å².